The van der Waals surface area contributed by atoms with Crippen LogP contribution in [0, 0.1) is 24.0 Å². The Morgan fingerprint density at radius 2 is 2.00 bits per heavy atom. The van der Waals surface area contributed by atoms with Crippen LogP contribution in [0.5, 0.6) is 0 Å². The predicted octanol–water partition coefficient (Wildman–Crippen LogP) is 2.79. The minimum absolute atomic E-state index is 0.0144. The molecule has 166 valence electrons. The van der Waals surface area contributed by atoms with Gasteiger partial charge in [0.2, 0.25) is 15.9 Å². The van der Waals surface area contributed by atoms with Gasteiger partial charge < -0.3 is 9.42 Å². The Hall–Kier alpha value is -2.76. The lowest BCUT2D eigenvalue weighted by atomic mass is 10.2. The summed E-state index contributed by atoms with van der Waals surface area (Å²) in [6, 6.07) is 4.25. The van der Waals surface area contributed by atoms with Gasteiger partial charge in [-0.25, -0.2) is 8.42 Å². The number of aromatic nitrogens is 1. The third kappa shape index (κ3) is 4.94. The lowest BCUT2D eigenvalue weighted by molar-refractivity contribution is -0.384. The number of hydrogen-bond donors (Lipinski definition) is 0. The van der Waals surface area contributed by atoms with Gasteiger partial charge in [-0.15, -0.1) is 0 Å². The molecular formula is C19H21ClN4O6S. The number of benzene rings is 1. The van der Waals surface area contributed by atoms with Crippen molar-refractivity contribution in [3.05, 3.63) is 56.4 Å². The zero-order valence-corrected chi connectivity index (χ0v) is 18.5. The molecule has 0 unspecified atom stereocenters. The summed E-state index contributed by atoms with van der Waals surface area (Å²) in [5, 5.41) is 14.7. The minimum atomic E-state index is -3.78. The first-order valence-electron chi connectivity index (χ1n) is 9.45. The Balaban J connectivity index is 1.70. The summed E-state index contributed by atoms with van der Waals surface area (Å²) < 4.78 is 32.3. The highest BCUT2D eigenvalue weighted by atomic mass is 35.5. The van der Waals surface area contributed by atoms with Crippen LogP contribution in [0.15, 0.2) is 33.7 Å². The second-order valence-electron chi connectivity index (χ2n) is 7.04. The summed E-state index contributed by atoms with van der Waals surface area (Å²) in [4.78, 5) is 24.6. The van der Waals surface area contributed by atoms with E-state index < -0.39 is 14.9 Å². The molecule has 1 aliphatic heterocycles. The standard InChI is InChI=1S/C19H21ClN4O6S/c1-13-19(14(2)30-21-13)31(28,29)23-9-3-8-22(10-11-23)18(25)7-5-15-4-6-16(20)17(12-15)24(26)27/h4-7,12H,3,8-11H2,1-2H3/b7-5+. The normalized spacial score (nSPS) is 15.9. The van der Waals surface area contributed by atoms with E-state index in [4.69, 9.17) is 16.1 Å². The second-order valence-corrected chi connectivity index (χ2v) is 9.32. The number of nitro benzene ring substituents is 1. The average Bonchev–Trinajstić information content (AvgIpc) is 2.92. The topological polar surface area (TPSA) is 127 Å². The van der Waals surface area contributed by atoms with Crippen LogP contribution < -0.4 is 0 Å². The van der Waals surface area contributed by atoms with E-state index >= 15 is 0 Å². The Labute approximate surface area is 184 Å². The third-order valence-corrected chi connectivity index (χ3v) is 7.38. The monoisotopic (exact) mass is 468 g/mol. The van der Waals surface area contributed by atoms with Gasteiger partial charge in [-0.1, -0.05) is 22.8 Å². The van der Waals surface area contributed by atoms with Crippen LogP contribution in [0.3, 0.4) is 0 Å². The molecule has 31 heavy (non-hydrogen) atoms. The summed E-state index contributed by atoms with van der Waals surface area (Å²) in [5.74, 6) is -0.0798. The minimum Gasteiger partial charge on any atom is -0.360 e. The van der Waals surface area contributed by atoms with E-state index in [0.717, 1.165) is 0 Å². The lowest BCUT2D eigenvalue weighted by Gasteiger charge is -2.21. The van der Waals surface area contributed by atoms with Crippen molar-refractivity contribution in [1.29, 1.82) is 0 Å². The predicted molar refractivity (Wildman–Crippen MR) is 113 cm³/mol. The van der Waals surface area contributed by atoms with Crippen molar-refractivity contribution in [2.45, 2.75) is 25.2 Å². The summed E-state index contributed by atoms with van der Waals surface area (Å²) in [5.41, 5.74) is 0.516. The average molecular weight is 469 g/mol. The van der Waals surface area contributed by atoms with Crippen LogP contribution in [-0.2, 0) is 14.8 Å². The molecule has 1 fully saturated rings. The second kappa shape index (κ2) is 9.16. The van der Waals surface area contributed by atoms with Crippen LogP contribution in [0.25, 0.3) is 6.08 Å². The van der Waals surface area contributed by atoms with E-state index in [9.17, 15) is 23.3 Å². The van der Waals surface area contributed by atoms with Gasteiger partial charge in [0.1, 0.15) is 15.6 Å². The van der Waals surface area contributed by atoms with E-state index in [1.165, 1.54) is 28.6 Å². The molecule has 3 rings (SSSR count). The molecule has 12 heteroatoms. The number of nitrogens with zero attached hydrogens (tertiary/aromatic N) is 4. The molecule has 1 amide bonds. The number of carbonyl (C=O) groups is 1. The fourth-order valence-corrected chi connectivity index (χ4v) is 5.32. The summed E-state index contributed by atoms with van der Waals surface area (Å²) >= 11 is 5.80. The zero-order chi connectivity index (χ0) is 22.8. The van der Waals surface area contributed by atoms with Crippen LogP contribution in [-0.4, -0.2) is 59.8 Å². The van der Waals surface area contributed by atoms with Gasteiger partial charge in [0.15, 0.2) is 5.76 Å². The third-order valence-electron chi connectivity index (χ3n) is 4.92. The van der Waals surface area contributed by atoms with Crippen LogP contribution in [0.4, 0.5) is 5.69 Å². The molecule has 1 aromatic carbocycles. The molecule has 0 spiro atoms. The summed E-state index contributed by atoms with van der Waals surface area (Å²) in [7, 11) is -3.78. The molecular weight excluding hydrogens is 448 g/mol. The fourth-order valence-electron chi connectivity index (χ4n) is 3.37. The summed E-state index contributed by atoms with van der Waals surface area (Å²) in [6.45, 7) is 4.13. The van der Waals surface area contributed by atoms with Crippen molar-refractivity contribution in [2.75, 3.05) is 26.2 Å². The SMILES string of the molecule is Cc1noc(C)c1S(=O)(=O)N1CCCN(C(=O)/C=C/c2ccc(Cl)c([N+](=O)[O-])c2)CC1. The van der Waals surface area contributed by atoms with Crippen molar-refractivity contribution in [3.8, 4) is 0 Å². The Morgan fingerprint density at radius 1 is 1.26 bits per heavy atom. The highest BCUT2D eigenvalue weighted by Gasteiger charge is 2.32. The van der Waals surface area contributed by atoms with E-state index in [0.29, 0.717) is 24.2 Å². The smallest absolute Gasteiger partial charge is 0.288 e. The van der Waals surface area contributed by atoms with Crippen molar-refractivity contribution in [1.82, 2.24) is 14.4 Å². The van der Waals surface area contributed by atoms with Gasteiger partial charge >= 0.3 is 0 Å². The van der Waals surface area contributed by atoms with Crippen molar-refractivity contribution >= 4 is 39.3 Å². The highest BCUT2D eigenvalue weighted by Crippen LogP contribution is 2.26. The molecule has 2 aromatic rings. The van der Waals surface area contributed by atoms with Gasteiger partial charge in [0, 0.05) is 38.3 Å². The lowest BCUT2D eigenvalue weighted by Crippen LogP contribution is -2.37. The van der Waals surface area contributed by atoms with Gasteiger partial charge in [-0.3, -0.25) is 14.9 Å². The van der Waals surface area contributed by atoms with E-state index in [2.05, 4.69) is 5.16 Å². The number of amides is 1. The van der Waals surface area contributed by atoms with Crippen molar-refractivity contribution < 1.29 is 22.7 Å². The molecule has 0 radical (unpaired) electrons. The van der Waals surface area contributed by atoms with Crippen molar-refractivity contribution in [3.63, 3.8) is 0 Å². The molecule has 0 atom stereocenters. The first-order valence-corrected chi connectivity index (χ1v) is 11.3. The maximum Gasteiger partial charge on any atom is 0.288 e. The van der Waals surface area contributed by atoms with Gasteiger partial charge in [0.25, 0.3) is 5.69 Å². The molecule has 1 aliphatic rings. The number of rotatable bonds is 5. The van der Waals surface area contributed by atoms with Gasteiger partial charge in [0.05, 0.1) is 4.92 Å². The largest absolute Gasteiger partial charge is 0.360 e. The first kappa shape index (κ1) is 22.9. The van der Waals surface area contributed by atoms with Crippen LogP contribution in [0.2, 0.25) is 5.02 Å². The van der Waals surface area contributed by atoms with Gasteiger partial charge in [-0.2, -0.15) is 4.31 Å². The molecule has 1 aromatic heterocycles. The number of nitro groups is 1. The molecule has 0 bridgehead atoms. The number of hydrogen-bond acceptors (Lipinski definition) is 7. The Kier molecular flexibility index (Phi) is 6.77. The fraction of sp³-hybridized carbons (Fsp3) is 0.368. The zero-order valence-electron chi connectivity index (χ0n) is 16.9. The van der Waals surface area contributed by atoms with E-state index in [1.807, 2.05) is 0 Å². The first-order chi connectivity index (χ1) is 14.6. The summed E-state index contributed by atoms with van der Waals surface area (Å²) in [6.07, 6.45) is 3.24. The van der Waals surface area contributed by atoms with Crippen molar-refractivity contribution in [2.24, 2.45) is 0 Å². The molecule has 0 aliphatic carbocycles. The Bertz CT molecular complexity index is 1120. The number of halogens is 1. The van der Waals surface area contributed by atoms with E-state index in [-0.39, 0.29) is 46.9 Å². The number of aryl methyl sites for hydroxylation is 2. The van der Waals surface area contributed by atoms with Gasteiger partial charge in [-0.05, 0) is 38.0 Å². The molecule has 0 N–H and O–H groups in total. The molecule has 1 saturated heterocycles. The van der Waals surface area contributed by atoms with E-state index in [1.54, 1.807) is 24.8 Å². The molecule has 10 nitrogen and oxygen atoms in total. The Morgan fingerprint density at radius 3 is 2.65 bits per heavy atom. The maximum absolute atomic E-state index is 13.0. The highest BCUT2D eigenvalue weighted by molar-refractivity contribution is 7.89. The maximum atomic E-state index is 13.0. The van der Waals surface area contributed by atoms with Crippen LogP contribution >= 0.6 is 11.6 Å². The number of carbonyl (C=O) groups excluding carboxylic acids is 1. The molecule has 0 saturated carbocycles. The van der Waals surface area contributed by atoms with Crippen LogP contribution in [0.1, 0.15) is 23.4 Å². The number of sulfonamides is 1. The quantitative estimate of drug-likeness (QED) is 0.375. The molecule has 2 heterocycles.